The second-order valence-electron chi connectivity index (χ2n) is 4.13. The first-order valence-corrected chi connectivity index (χ1v) is 6.10. The Kier molecular flexibility index (Phi) is 3.81. The maximum Gasteiger partial charge on any atom is 0.123 e. The van der Waals surface area contributed by atoms with E-state index in [2.05, 4.69) is 38.1 Å². The standard InChI is InChI=1S/C16H18O/c1-3-14-9-7-8-12-16(14)17-13(2)15-10-5-4-6-11-15/h4-13H,3H2,1-2H3. The first kappa shape index (κ1) is 11.7. The van der Waals surface area contributed by atoms with Crippen LogP contribution in [0.5, 0.6) is 5.75 Å². The van der Waals surface area contributed by atoms with E-state index in [-0.39, 0.29) is 6.10 Å². The minimum atomic E-state index is 0.0869. The molecule has 0 spiro atoms. The molecule has 2 rings (SSSR count). The molecule has 0 fully saturated rings. The normalized spacial score (nSPS) is 12.1. The van der Waals surface area contributed by atoms with Crippen molar-refractivity contribution in [3.8, 4) is 5.75 Å². The number of hydrogen-bond donors (Lipinski definition) is 0. The van der Waals surface area contributed by atoms with Gasteiger partial charge in [-0.15, -0.1) is 0 Å². The summed E-state index contributed by atoms with van der Waals surface area (Å²) in [6.07, 6.45) is 1.08. The molecule has 0 radical (unpaired) electrons. The molecule has 0 heterocycles. The first-order valence-electron chi connectivity index (χ1n) is 6.10. The van der Waals surface area contributed by atoms with Crippen LogP contribution in [-0.4, -0.2) is 0 Å². The van der Waals surface area contributed by atoms with E-state index in [4.69, 9.17) is 4.74 Å². The molecule has 0 saturated carbocycles. The Hall–Kier alpha value is -1.76. The highest BCUT2D eigenvalue weighted by Crippen LogP contribution is 2.25. The highest BCUT2D eigenvalue weighted by molar-refractivity contribution is 5.34. The third-order valence-electron chi connectivity index (χ3n) is 2.93. The topological polar surface area (TPSA) is 9.23 Å². The van der Waals surface area contributed by atoms with Gasteiger partial charge in [0.05, 0.1) is 0 Å². The Morgan fingerprint density at radius 3 is 2.29 bits per heavy atom. The van der Waals surface area contributed by atoms with Gasteiger partial charge in [-0.1, -0.05) is 55.5 Å². The lowest BCUT2D eigenvalue weighted by atomic mass is 10.1. The van der Waals surface area contributed by atoms with Crippen molar-refractivity contribution >= 4 is 0 Å². The van der Waals surface area contributed by atoms with Gasteiger partial charge >= 0.3 is 0 Å². The summed E-state index contributed by atoms with van der Waals surface area (Å²) in [5.41, 5.74) is 2.47. The molecule has 2 aromatic carbocycles. The van der Waals surface area contributed by atoms with Crippen LogP contribution < -0.4 is 4.74 Å². The zero-order valence-electron chi connectivity index (χ0n) is 10.4. The highest BCUT2D eigenvalue weighted by atomic mass is 16.5. The number of para-hydroxylation sites is 1. The summed E-state index contributed by atoms with van der Waals surface area (Å²) in [4.78, 5) is 0. The summed E-state index contributed by atoms with van der Waals surface area (Å²) >= 11 is 0. The summed E-state index contributed by atoms with van der Waals surface area (Å²) in [5.74, 6) is 0.992. The molecule has 0 saturated heterocycles. The molecule has 1 nitrogen and oxygen atoms in total. The van der Waals surface area contributed by atoms with Crippen LogP contribution in [0.1, 0.15) is 31.1 Å². The smallest absolute Gasteiger partial charge is 0.123 e. The van der Waals surface area contributed by atoms with Gasteiger partial charge in [0.25, 0.3) is 0 Å². The van der Waals surface area contributed by atoms with Crippen LogP contribution in [-0.2, 0) is 6.42 Å². The number of benzene rings is 2. The number of hydrogen-bond acceptors (Lipinski definition) is 1. The highest BCUT2D eigenvalue weighted by Gasteiger charge is 2.08. The van der Waals surface area contributed by atoms with Gasteiger partial charge < -0.3 is 4.74 Å². The molecule has 0 aliphatic heterocycles. The predicted octanol–water partition coefficient (Wildman–Crippen LogP) is 4.39. The fourth-order valence-electron chi connectivity index (χ4n) is 1.89. The van der Waals surface area contributed by atoms with Crippen molar-refractivity contribution < 1.29 is 4.74 Å². The molecule has 1 unspecified atom stereocenters. The van der Waals surface area contributed by atoms with Crippen molar-refractivity contribution in [3.05, 3.63) is 65.7 Å². The van der Waals surface area contributed by atoms with Gasteiger partial charge in [0.15, 0.2) is 0 Å². The number of ether oxygens (including phenoxy) is 1. The number of aryl methyl sites for hydroxylation is 1. The third kappa shape index (κ3) is 2.88. The third-order valence-corrected chi connectivity index (χ3v) is 2.93. The largest absolute Gasteiger partial charge is 0.486 e. The maximum atomic E-state index is 6.02. The molecule has 88 valence electrons. The van der Waals surface area contributed by atoms with Crippen molar-refractivity contribution in [3.63, 3.8) is 0 Å². The summed E-state index contributed by atoms with van der Waals surface area (Å²) < 4.78 is 6.02. The fourth-order valence-corrected chi connectivity index (χ4v) is 1.89. The van der Waals surface area contributed by atoms with Gasteiger partial charge in [0.2, 0.25) is 0 Å². The SMILES string of the molecule is CCc1ccccc1OC(C)c1ccccc1. The lowest BCUT2D eigenvalue weighted by Gasteiger charge is -2.17. The zero-order valence-corrected chi connectivity index (χ0v) is 10.4. The molecular weight excluding hydrogens is 208 g/mol. The summed E-state index contributed by atoms with van der Waals surface area (Å²) in [5, 5.41) is 0. The maximum absolute atomic E-state index is 6.02. The summed E-state index contributed by atoms with van der Waals surface area (Å²) in [7, 11) is 0. The van der Waals surface area contributed by atoms with Crippen LogP contribution in [0.3, 0.4) is 0 Å². The molecule has 0 bridgehead atoms. The lowest BCUT2D eigenvalue weighted by Crippen LogP contribution is -2.04. The van der Waals surface area contributed by atoms with E-state index in [1.165, 1.54) is 11.1 Å². The Balaban J connectivity index is 2.16. The minimum Gasteiger partial charge on any atom is -0.486 e. The van der Waals surface area contributed by atoms with E-state index in [1.807, 2.05) is 30.3 Å². The van der Waals surface area contributed by atoms with Crippen LogP contribution in [0.25, 0.3) is 0 Å². The molecule has 1 heteroatoms. The van der Waals surface area contributed by atoms with E-state index in [0.29, 0.717) is 0 Å². The average Bonchev–Trinajstić information content (AvgIpc) is 2.40. The second-order valence-corrected chi connectivity index (χ2v) is 4.13. The molecule has 17 heavy (non-hydrogen) atoms. The molecule has 0 aliphatic carbocycles. The van der Waals surface area contributed by atoms with Gasteiger partial charge in [0, 0.05) is 0 Å². The van der Waals surface area contributed by atoms with Gasteiger partial charge in [-0.2, -0.15) is 0 Å². The van der Waals surface area contributed by atoms with Gasteiger partial charge in [-0.25, -0.2) is 0 Å². The Morgan fingerprint density at radius 1 is 0.941 bits per heavy atom. The van der Waals surface area contributed by atoms with Crippen LogP contribution in [0.15, 0.2) is 54.6 Å². The average molecular weight is 226 g/mol. The number of rotatable bonds is 4. The molecule has 2 aromatic rings. The van der Waals surface area contributed by atoms with Gasteiger partial charge in [-0.05, 0) is 30.5 Å². The molecule has 0 aromatic heterocycles. The van der Waals surface area contributed by atoms with Gasteiger partial charge in [-0.3, -0.25) is 0 Å². The summed E-state index contributed by atoms with van der Waals surface area (Å²) in [6, 6.07) is 18.5. The van der Waals surface area contributed by atoms with E-state index in [1.54, 1.807) is 0 Å². The van der Waals surface area contributed by atoms with Crippen molar-refractivity contribution in [1.29, 1.82) is 0 Å². The van der Waals surface area contributed by atoms with Crippen LogP contribution in [0, 0.1) is 0 Å². The quantitative estimate of drug-likeness (QED) is 0.751. The van der Waals surface area contributed by atoms with E-state index >= 15 is 0 Å². The minimum absolute atomic E-state index is 0.0869. The van der Waals surface area contributed by atoms with Crippen LogP contribution in [0.4, 0.5) is 0 Å². The summed E-state index contributed by atoms with van der Waals surface area (Å²) in [6.45, 7) is 4.23. The van der Waals surface area contributed by atoms with Crippen molar-refractivity contribution in [2.75, 3.05) is 0 Å². The molecule has 0 amide bonds. The Labute approximate surface area is 103 Å². The van der Waals surface area contributed by atoms with E-state index in [0.717, 1.165) is 12.2 Å². The van der Waals surface area contributed by atoms with Crippen molar-refractivity contribution in [1.82, 2.24) is 0 Å². The molecule has 0 N–H and O–H groups in total. The van der Waals surface area contributed by atoms with Crippen molar-refractivity contribution in [2.24, 2.45) is 0 Å². The van der Waals surface area contributed by atoms with Crippen LogP contribution >= 0.6 is 0 Å². The monoisotopic (exact) mass is 226 g/mol. The van der Waals surface area contributed by atoms with Crippen LogP contribution in [0.2, 0.25) is 0 Å². The lowest BCUT2D eigenvalue weighted by molar-refractivity contribution is 0.225. The second kappa shape index (κ2) is 5.53. The van der Waals surface area contributed by atoms with E-state index in [9.17, 15) is 0 Å². The Bertz CT molecular complexity index is 462. The fraction of sp³-hybridized carbons (Fsp3) is 0.250. The van der Waals surface area contributed by atoms with Gasteiger partial charge in [0.1, 0.15) is 11.9 Å². The first-order chi connectivity index (χ1) is 8.31. The molecule has 0 aliphatic rings. The molecule has 1 atom stereocenters. The molecular formula is C16H18O. The Morgan fingerprint density at radius 2 is 1.59 bits per heavy atom. The zero-order chi connectivity index (χ0) is 12.1. The predicted molar refractivity (Wildman–Crippen MR) is 71.3 cm³/mol. The van der Waals surface area contributed by atoms with E-state index < -0.39 is 0 Å². The van der Waals surface area contributed by atoms with Crippen molar-refractivity contribution in [2.45, 2.75) is 26.4 Å².